The molecule has 5 nitrogen and oxygen atoms in total. The highest BCUT2D eigenvalue weighted by Gasteiger charge is 2.28. The Morgan fingerprint density at radius 2 is 1.52 bits per heavy atom. The van der Waals surface area contributed by atoms with Crippen molar-refractivity contribution in [1.82, 2.24) is 25.2 Å². The third kappa shape index (κ3) is 8.10. The summed E-state index contributed by atoms with van der Waals surface area (Å²) in [5.74, 6) is 1.01. The van der Waals surface area contributed by atoms with Crippen LogP contribution in [0.1, 0.15) is 67.9 Å². The summed E-state index contributed by atoms with van der Waals surface area (Å²) in [7, 11) is 0. The number of nitrogens with one attached hydrogen (secondary N) is 2. The number of rotatable bonds is 8. The van der Waals surface area contributed by atoms with Gasteiger partial charge in [0.2, 0.25) is 0 Å². The number of imidazole rings is 1. The minimum absolute atomic E-state index is 0.318. The van der Waals surface area contributed by atoms with Gasteiger partial charge in [-0.1, -0.05) is 99.6 Å². The van der Waals surface area contributed by atoms with Gasteiger partial charge in [0.25, 0.3) is 0 Å². The number of aryl methyl sites for hydroxylation is 1. The van der Waals surface area contributed by atoms with Crippen LogP contribution >= 0.6 is 0 Å². The van der Waals surface area contributed by atoms with Crippen molar-refractivity contribution in [3.63, 3.8) is 0 Å². The fraction of sp³-hybridized carbons (Fsp3) is 0.314. The fourth-order valence-corrected chi connectivity index (χ4v) is 5.17. The van der Waals surface area contributed by atoms with Crippen molar-refractivity contribution in [2.75, 3.05) is 6.54 Å². The first-order valence-electron chi connectivity index (χ1n) is 14.7. The second-order valence-electron chi connectivity index (χ2n) is 9.81. The van der Waals surface area contributed by atoms with E-state index in [0.717, 1.165) is 55.9 Å². The second kappa shape index (κ2) is 15.7. The topological polar surface area (TPSA) is 56.8 Å². The Morgan fingerprint density at radius 1 is 0.825 bits per heavy atom. The SMILES string of the molecule is CC.CCNCc1ccccc1.c1ccc(CN(Cc2nc3ccccc3[nH]2)C2CCCc3cccnc32)cc1. The van der Waals surface area contributed by atoms with Gasteiger partial charge in [0, 0.05) is 19.3 Å². The number of pyridine rings is 1. The molecule has 0 bridgehead atoms. The first-order chi connectivity index (χ1) is 19.8. The third-order valence-corrected chi connectivity index (χ3v) is 7.05. The molecule has 1 unspecified atom stereocenters. The maximum absolute atomic E-state index is 4.83. The molecule has 5 aromatic rings. The number of hydrogen-bond acceptors (Lipinski definition) is 4. The van der Waals surface area contributed by atoms with E-state index in [1.165, 1.54) is 28.8 Å². The number of hydrogen-bond donors (Lipinski definition) is 2. The van der Waals surface area contributed by atoms with Crippen LogP contribution in [-0.2, 0) is 26.1 Å². The summed E-state index contributed by atoms with van der Waals surface area (Å²) in [5, 5.41) is 3.26. The van der Waals surface area contributed by atoms with Crippen LogP contribution in [-0.4, -0.2) is 26.4 Å². The Labute approximate surface area is 239 Å². The van der Waals surface area contributed by atoms with E-state index in [4.69, 9.17) is 9.97 Å². The average Bonchev–Trinajstić information content (AvgIpc) is 3.44. The van der Waals surface area contributed by atoms with E-state index < -0.39 is 0 Å². The third-order valence-electron chi connectivity index (χ3n) is 7.05. The molecule has 0 spiro atoms. The molecule has 40 heavy (non-hydrogen) atoms. The van der Waals surface area contributed by atoms with Crippen LogP contribution in [0, 0.1) is 0 Å². The summed E-state index contributed by atoms with van der Waals surface area (Å²) in [6.45, 7) is 9.80. The lowest BCUT2D eigenvalue weighted by Crippen LogP contribution is -2.31. The van der Waals surface area contributed by atoms with Crippen molar-refractivity contribution in [3.8, 4) is 0 Å². The number of benzene rings is 3. The van der Waals surface area contributed by atoms with Gasteiger partial charge in [-0.3, -0.25) is 9.88 Å². The van der Waals surface area contributed by atoms with Gasteiger partial charge in [0.15, 0.2) is 0 Å². The molecule has 0 aliphatic heterocycles. The van der Waals surface area contributed by atoms with E-state index in [1.54, 1.807) is 0 Å². The molecule has 208 valence electrons. The van der Waals surface area contributed by atoms with Gasteiger partial charge in [-0.25, -0.2) is 4.98 Å². The Hall–Kier alpha value is -3.80. The van der Waals surface area contributed by atoms with Crippen molar-refractivity contribution < 1.29 is 0 Å². The molecule has 0 saturated carbocycles. The highest BCUT2D eigenvalue weighted by Crippen LogP contribution is 2.34. The van der Waals surface area contributed by atoms with Crippen LogP contribution in [0.2, 0.25) is 0 Å². The quantitative estimate of drug-likeness (QED) is 0.213. The van der Waals surface area contributed by atoms with Gasteiger partial charge in [-0.2, -0.15) is 0 Å². The highest BCUT2D eigenvalue weighted by atomic mass is 15.2. The molecular formula is C35H43N5. The minimum Gasteiger partial charge on any atom is -0.341 e. The van der Waals surface area contributed by atoms with Crippen LogP contribution in [0.3, 0.4) is 0 Å². The van der Waals surface area contributed by atoms with E-state index in [9.17, 15) is 0 Å². The van der Waals surface area contributed by atoms with E-state index in [1.807, 2.05) is 38.2 Å². The van der Waals surface area contributed by atoms with Crippen molar-refractivity contribution in [3.05, 3.63) is 131 Å². The number of fused-ring (bicyclic) bond motifs is 2. The molecular weight excluding hydrogens is 490 g/mol. The Balaban J connectivity index is 0.000000260. The van der Waals surface area contributed by atoms with Gasteiger partial charge in [-0.15, -0.1) is 0 Å². The summed E-state index contributed by atoms with van der Waals surface area (Å²) in [5.41, 5.74) is 7.42. The van der Waals surface area contributed by atoms with Gasteiger partial charge in [0.1, 0.15) is 5.82 Å². The highest BCUT2D eigenvalue weighted by molar-refractivity contribution is 5.74. The van der Waals surface area contributed by atoms with Gasteiger partial charge in [-0.05, 0) is 60.7 Å². The first kappa shape index (κ1) is 29.2. The molecule has 5 heteroatoms. The smallest absolute Gasteiger partial charge is 0.121 e. The summed E-state index contributed by atoms with van der Waals surface area (Å²) in [4.78, 5) is 15.6. The number of H-pyrrole nitrogens is 1. The molecule has 2 heterocycles. The number of nitrogens with zero attached hydrogens (tertiary/aromatic N) is 3. The molecule has 0 radical (unpaired) electrons. The van der Waals surface area contributed by atoms with Gasteiger partial charge in [0.05, 0.1) is 29.3 Å². The largest absolute Gasteiger partial charge is 0.341 e. The lowest BCUT2D eigenvalue weighted by molar-refractivity contribution is 0.153. The van der Waals surface area contributed by atoms with E-state index >= 15 is 0 Å². The van der Waals surface area contributed by atoms with E-state index in [2.05, 4.69) is 101 Å². The normalized spacial score (nSPS) is 14.1. The first-order valence-corrected chi connectivity index (χ1v) is 14.7. The molecule has 3 aromatic carbocycles. The van der Waals surface area contributed by atoms with Crippen molar-refractivity contribution >= 4 is 11.0 Å². The monoisotopic (exact) mass is 533 g/mol. The summed E-state index contributed by atoms with van der Waals surface area (Å²) >= 11 is 0. The van der Waals surface area contributed by atoms with Crippen LogP contribution in [0.4, 0.5) is 0 Å². The number of aromatic nitrogens is 3. The predicted molar refractivity (Wildman–Crippen MR) is 167 cm³/mol. The van der Waals surface area contributed by atoms with Crippen molar-refractivity contribution in [1.29, 1.82) is 0 Å². The molecule has 0 fully saturated rings. The predicted octanol–water partition coefficient (Wildman–Crippen LogP) is 7.86. The zero-order valence-corrected chi connectivity index (χ0v) is 24.2. The maximum atomic E-state index is 4.83. The molecule has 0 saturated heterocycles. The zero-order valence-electron chi connectivity index (χ0n) is 24.2. The molecule has 1 atom stereocenters. The molecule has 2 N–H and O–H groups in total. The maximum Gasteiger partial charge on any atom is 0.121 e. The van der Waals surface area contributed by atoms with E-state index in [0.29, 0.717) is 6.04 Å². The lowest BCUT2D eigenvalue weighted by Gasteiger charge is -2.34. The van der Waals surface area contributed by atoms with E-state index in [-0.39, 0.29) is 0 Å². The molecule has 1 aliphatic carbocycles. The zero-order chi connectivity index (χ0) is 28.0. The molecule has 1 aliphatic rings. The summed E-state index contributed by atoms with van der Waals surface area (Å²) < 4.78 is 0. The Morgan fingerprint density at radius 3 is 2.25 bits per heavy atom. The lowest BCUT2D eigenvalue weighted by atomic mass is 9.90. The van der Waals surface area contributed by atoms with Crippen LogP contribution < -0.4 is 5.32 Å². The number of aromatic amines is 1. The van der Waals surface area contributed by atoms with Crippen LogP contribution in [0.25, 0.3) is 11.0 Å². The Bertz CT molecular complexity index is 1360. The molecule has 0 amide bonds. The van der Waals surface area contributed by atoms with Crippen LogP contribution in [0.5, 0.6) is 0 Å². The molecule has 2 aromatic heterocycles. The van der Waals surface area contributed by atoms with Gasteiger partial charge >= 0.3 is 0 Å². The Kier molecular flexibility index (Phi) is 11.5. The van der Waals surface area contributed by atoms with Crippen molar-refractivity contribution in [2.24, 2.45) is 0 Å². The molecule has 6 rings (SSSR count). The number of para-hydroxylation sites is 2. The van der Waals surface area contributed by atoms with Crippen LogP contribution in [0.15, 0.2) is 103 Å². The standard InChI is InChI=1S/C24H24N4.C9H13N.C2H6/c1-2-8-18(9-3-1)16-28(17-23-26-20-12-4-5-13-21(20)27-23)22-14-6-10-19-11-7-15-25-24(19)22;1-2-10-8-9-6-4-3-5-7-9;1-2/h1-5,7-9,11-13,15,22H,6,10,14,16-17H2,(H,26,27);3-7,10H,2,8H2,1H3;1-2H3. The summed E-state index contributed by atoms with van der Waals surface area (Å²) in [6.07, 6.45) is 5.40. The van der Waals surface area contributed by atoms with Gasteiger partial charge < -0.3 is 10.3 Å². The second-order valence-corrected chi connectivity index (χ2v) is 9.81. The average molecular weight is 534 g/mol. The van der Waals surface area contributed by atoms with Crippen molar-refractivity contribution in [2.45, 2.75) is 65.7 Å². The summed E-state index contributed by atoms with van der Waals surface area (Å²) in [6, 6.07) is 34.0. The fourth-order valence-electron chi connectivity index (χ4n) is 5.17. The minimum atomic E-state index is 0.318.